The van der Waals surface area contributed by atoms with Gasteiger partial charge in [0.05, 0.1) is 6.10 Å². The van der Waals surface area contributed by atoms with Crippen molar-refractivity contribution in [2.75, 3.05) is 0 Å². The van der Waals surface area contributed by atoms with Gasteiger partial charge in [-0.15, -0.1) is 0 Å². The van der Waals surface area contributed by atoms with Gasteiger partial charge in [-0.05, 0) is 36.8 Å². The third-order valence-electron chi connectivity index (χ3n) is 2.44. The lowest BCUT2D eigenvalue weighted by Gasteiger charge is -2.12. The third-order valence-corrected chi connectivity index (χ3v) is 2.44. The number of aliphatic hydroxyl groups is 1. The van der Waals surface area contributed by atoms with Crippen LogP contribution in [0.25, 0.3) is 0 Å². The van der Waals surface area contributed by atoms with Crippen molar-refractivity contribution in [2.24, 2.45) is 0 Å². The first kappa shape index (κ1) is 9.80. The third kappa shape index (κ3) is 1.62. The maximum absolute atomic E-state index is 11.5. The number of carbonyl (C=O) groups excluding carboxylic acids is 2. The van der Waals surface area contributed by atoms with Crippen LogP contribution in [0.15, 0.2) is 30.4 Å². The van der Waals surface area contributed by atoms with Gasteiger partial charge >= 0.3 is 0 Å². The lowest BCUT2D eigenvalue weighted by Crippen LogP contribution is -2.12. The average Bonchev–Trinajstić information content (AvgIpc) is 2.23. The van der Waals surface area contributed by atoms with Crippen molar-refractivity contribution < 1.29 is 14.7 Å². The van der Waals surface area contributed by atoms with Gasteiger partial charge in [0, 0.05) is 11.1 Å². The van der Waals surface area contributed by atoms with Gasteiger partial charge in [0.25, 0.3) is 0 Å². The van der Waals surface area contributed by atoms with E-state index in [1.165, 1.54) is 12.2 Å². The van der Waals surface area contributed by atoms with E-state index < -0.39 is 6.10 Å². The molecule has 76 valence electrons. The largest absolute Gasteiger partial charge is 0.389 e. The first-order valence-corrected chi connectivity index (χ1v) is 4.68. The molecule has 0 spiro atoms. The van der Waals surface area contributed by atoms with E-state index in [-0.39, 0.29) is 11.6 Å². The van der Waals surface area contributed by atoms with Crippen LogP contribution >= 0.6 is 0 Å². The molecule has 1 aromatic carbocycles. The zero-order valence-electron chi connectivity index (χ0n) is 8.23. The zero-order valence-corrected chi connectivity index (χ0v) is 8.23. The summed E-state index contributed by atoms with van der Waals surface area (Å²) in [5, 5.41) is 9.36. The van der Waals surface area contributed by atoms with Gasteiger partial charge in [0.1, 0.15) is 0 Å². The second-order valence-corrected chi connectivity index (χ2v) is 3.54. The smallest absolute Gasteiger partial charge is 0.186 e. The van der Waals surface area contributed by atoms with E-state index in [1.54, 1.807) is 25.1 Å². The molecular weight excluding hydrogens is 192 g/mol. The van der Waals surface area contributed by atoms with Crippen LogP contribution in [0.2, 0.25) is 0 Å². The molecule has 2 rings (SSSR count). The molecule has 0 fully saturated rings. The number of carbonyl (C=O) groups is 2. The quantitative estimate of drug-likeness (QED) is 0.753. The predicted octanol–water partition coefficient (Wildman–Crippen LogP) is 1.68. The molecule has 1 aliphatic rings. The first-order chi connectivity index (χ1) is 7.09. The molecule has 1 atom stereocenters. The van der Waals surface area contributed by atoms with E-state index in [4.69, 9.17) is 0 Å². The summed E-state index contributed by atoms with van der Waals surface area (Å²) >= 11 is 0. The Balaban J connectivity index is 2.58. The van der Waals surface area contributed by atoms with Crippen molar-refractivity contribution >= 4 is 11.6 Å². The highest BCUT2D eigenvalue weighted by atomic mass is 16.3. The van der Waals surface area contributed by atoms with Crippen LogP contribution in [-0.2, 0) is 0 Å². The Morgan fingerprint density at radius 1 is 1.07 bits per heavy atom. The Hall–Kier alpha value is -1.74. The SMILES string of the molecule is CC(O)c1ccc2c(c1)C(=O)C=CC2=O. The highest BCUT2D eigenvalue weighted by Gasteiger charge is 2.19. The lowest BCUT2D eigenvalue weighted by atomic mass is 9.92. The van der Waals surface area contributed by atoms with E-state index in [2.05, 4.69) is 0 Å². The second kappa shape index (κ2) is 3.44. The molecule has 0 radical (unpaired) electrons. The van der Waals surface area contributed by atoms with E-state index >= 15 is 0 Å². The topological polar surface area (TPSA) is 54.4 Å². The van der Waals surface area contributed by atoms with Gasteiger partial charge in [0.15, 0.2) is 11.6 Å². The monoisotopic (exact) mass is 202 g/mol. The van der Waals surface area contributed by atoms with Crippen LogP contribution < -0.4 is 0 Å². The number of aliphatic hydroxyl groups excluding tert-OH is 1. The number of benzene rings is 1. The van der Waals surface area contributed by atoms with Crippen molar-refractivity contribution in [1.82, 2.24) is 0 Å². The minimum Gasteiger partial charge on any atom is -0.389 e. The molecule has 0 aromatic heterocycles. The molecule has 1 N–H and O–H groups in total. The molecule has 0 amide bonds. The molecule has 3 heteroatoms. The minimum atomic E-state index is -0.635. The molecule has 3 nitrogen and oxygen atoms in total. The summed E-state index contributed by atoms with van der Waals surface area (Å²) in [4.78, 5) is 22.9. The van der Waals surface area contributed by atoms with Gasteiger partial charge in [0.2, 0.25) is 0 Å². The van der Waals surface area contributed by atoms with Crippen LogP contribution in [0.4, 0.5) is 0 Å². The predicted molar refractivity (Wildman–Crippen MR) is 54.9 cm³/mol. The maximum Gasteiger partial charge on any atom is 0.186 e. The van der Waals surface area contributed by atoms with E-state index in [1.807, 2.05) is 0 Å². The molecule has 1 unspecified atom stereocenters. The minimum absolute atomic E-state index is 0.165. The van der Waals surface area contributed by atoms with Gasteiger partial charge in [-0.1, -0.05) is 6.07 Å². The normalized spacial score (nSPS) is 16.4. The summed E-state index contributed by atoms with van der Waals surface area (Å²) in [7, 11) is 0. The van der Waals surface area contributed by atoms with Gasteiger partial charge < -0.3 is 5.11 Å². The molecule has 1 aromatic rings. The standard InChI is InChI=1S/C12H10O3/c1-7(13)8-2-3-9-10(6-8)12(15)5-4-11(9)14/h2-7,13H,1H3. The van der Waals surface area contributed by atoms with Crippen molar-refractivity contribution in [3.8, 4) is 0 Å². The molecule has 0 aliphatic heterocycles. The summed E-state index contributed by atoms with van der Waals surface area (Å²) in [5.41, 5.74) is 1.43. The van der Waals surface area contributed by atoms with Crippen LogP contribution in [0.5, 0.6) is 0 Å². The summed E-state index contributed by atoms with van der Waals surface area (Å²) in [6, 6.07) is 4.82. The highest BCUT2D eigenvalue weighted by Crippen LogP contribution is 2.21. The van der Waals surface area contributed by atoms with Crippen LogP contribution in [0, 0.1) is 0 Å². The number of rotatable bonds is 1. The fourth-order valence-electron chi connectivity index (χ4n) is 1.57. The second-order valence-electron chi connectivity index (χ2n) is 3.54. The van der Waals surface area contributed by atoms with E-state index in [9.17, 15) is 14.7 Å². The molecule has 1 aliphatic carbocycles. The Kier molecular flexibility index (Phi) is 2.25. The van der Waals surface area contributed by atoms with E-state index in [0.717, 1.165) is 0 Å². The number of allylic oxidation sites excluding steroid dienone is 2. The summed E-state index contributed by atoms with van der Waals surface area (Å²) in [6.07, 6.45) is 1.90. The first-order valence-electron chi connectivity index (χ1n) is 4.68. The molecular formula is C12H10O3. The molecule has 0 saturated heterocycles. The fraction of sp³-hybridized carbons (Fsp3) is 0.167. The Morgan fingerprint density at radius 2 is 1.67 bits per heavy atom. The zero-order chi connectivity index (χ0) is 11.0. The lowest BCUT2D eigenvalue weighted by molar-refractivity contribution is 0.0993. The molecule has 15 heavy (non-hydrogen) atoms. The van der Waals surface area contributed by atoms with Crippen LogP contribution in [0.3, 0.4) is 0 Å². The average molecular weight is 202 g/mol. The summed E-state index contributed by atoms with van der Waals surface area (Å²) < 4.78 is 0. The number of fused-ring (bicyclic) bond motifs is 1. The van der Waals surface area contributed by atoms with Crippen molar-refractivity contribution in [2.45, 2.75) is 13.0 Å². The van der Waals surface area contributed by atoms with Crippen molar-refractivity contribution in [3.63, 3.8) is 0 Å². The number of hydrogen-bond acceptors (Lipinski definition) is 3. The Bertz CT molecular complexity index is 470. The van der Waals surface area contributed by atoms with Crippen molar-refractivity contribution in [1.29, 1.82) is 0 Å². The Labute approximate surface area is 87.0 Å². The molecule has 0 heterocycles. The number of hydrogen-bond donors (Lipinski definition) is 1. The molecule has 0 saturated carbocycles. The van der Waals surface area contributed by atoms with E-state index in [0.29, 0.717) is 16.7 Å². The Morgan fingerprint density at radius 3 is 2.27 bits per heavy atom. The number of ketones is 2. The summed E-state index contributed by atoms with van der Waals surface area (Å²) in [6.45, 7) is 1.62. The van der Waals surface area contributed by atoms with Crippen molar-refractivity contribution in [3.05, 3.63) is 47.0 Å². The van der Waals surface area contributed by atoms with Gasteiger partial charge in [-0.25, -0.2) is 0 Å². The maximum atomic E-state index is 11.5. The fourth-order valence-corrected chi connectivity index (χ4v) is 1.57. The highest BCUT2D eigenvalue weighted by molar-refractivity contribution is 6.22. The van der Waals surface area contributed by atoms with Gasteiger partial charge in [-0.2, -0.15) is 0 Å². The van der Waals surface area contributed by atoms with Crippen LogP contribution in [0.1, 0.15) is 39.3 Å². The molecule has 0 bridgehead atoms. The van der Waals surface area contributed by atoms with Gasteiger partial charge in [-0.3, -0.25) is 9.59 Å². The van der Waals surface area contributed by atoms with Crippen LogP contribution in [-0.4, -0.2) is 16.7 Å². The summed E-state index contributed by atoms with van der Waals surface area (Å²) in [5.74, 6) is -0.353.